The van der Waals surface area contributed by atoms with Crippen LogP contribution in [0.3, 0.4) is 0 Å². The number of benzene rings is 2. The van der Waals surface area contributed by atoms with E-state index < -0.39 is 10.0 Å². The largest absolute Gasteiger partial charge is 0.294 e. The first kappa shape index (κ1) is 24.2. The Labute approximate surface area is 192 Å². The zero-order valence-corrected chi connectivity index (χ0v) is 20.2. The summed E-state index contributed by atoms with van der Waals surface area (Å²) in [5, 5.41) is 0.698. The number of aromatic nitrogens is 1. The maximum atomic E-state index is 13.3. The molecular weight excluding hydrogens is 418 g/mol. The predicted molar refractivity (Wildman–Crippen MR) is 132 cm³/mol. The van der Waals surface area contributed by atoms with Crippen molar-refractivity contribution in [3.05, 3.63) is 65.9 Å². The molecule has 3 rings (SSSR count). The molecule has 0 aliphatic rings. The summed E-state index contributed by atoms with van der Waals surface area (Å²) in [6, 6.07) is 14.0. The second-order valence-electron chi connectivity index (χ2n) is 8.68. The average molecular weight is 454 g/mol. The van der Waals surface area contributed by atoms with Gasteiger partial charge in [0.2, 0.25) is 0 Å². The van der Waals surface area contributed by atoms with E-state index >= 15 is 0 Å². The van der Waals surface area contributed by atoms with Crippen molar-refractivity contribution in [2.24, 2.45) is 0 Å². The van der Waals surface area contributed by atoms with Gasteiger partial charge in [0.25, 0.3) is 10.0 Å². The molecule has 2 aromatic carbocycles. The number of hydrogen-bond donors (Lipinski definition) is 0. The van der Waals surface area contributed by atoms with Crippen molar-refractivity contribution in [2.45, 2.75) is 83.0 Å². The lowest BCUT2D eigenvalue weighted by molar-refractivity contribution is 0.0980. The average Bonchev–Trinajstić information content (AvgIpc) is 3.19. The molecule has 0 saturated heterocycles. The van der Waals surface area contributed by atoms with Crippen LogP contribution in [0.1, 0.15) is 87.1 Å². The fourth-order valence-electron chi connectivity index (χ4n) is 4.13. The topological polar surface area (TPSA) is 56.1 Å². The van der Waals surface area contributed by atoms with E-state index in [0.717, 1.165) is 24.8 Å². The molecule has 0 saturated carbocycles. The molecule has 4 nitrogen and oxygen atoms in total. The Bertz CT molecular complexity index is 1130. The molecule has 0 atom stereocenters. The molecule has 32 heavy (non-hydrogen) atoms. The van der Waals surface area contributed by atoms with Crippen LogP contribution < -0.4 is 0 Å². The first-order valence-corrected chi connectivity index (χ1v) is 13.3. The Kier molecular flexibility index (Phi) is 8.68. The van der Waals surface area contributed by atoms with Crippen molar-refractivity contribution in [3.8, 4) is 0 Å². The van der Waals surface area contributed by atoms with E-state index in [2.05, 4.69) is 6.92 Å². The van der Waals surface area contributed by atoms with Crippen LogP contribution in [0, 0.1) is 6.92 Å². The molecule has 0 amide bonds. The Morgan fingerprint density at radius 1 is 0.812 bits per heavy atom. The third-order valence-electron chi connectivity index (χ3n) is 6.06. The highest BCUT2D eigenvalue weighted by molar-refractivity contribution is 7.90. The lowest BCUT2D eigenvalue weighted by Crippen LogP contribution is -2.12. The summed E-state index contributed by atoms with van der Waals surface area (Å²) in [4.78, 5) is 13.2. The van der Waals surface area contributed by atoms with Gasteiger partial charge in [-0.3, -0.25) is 4.79 Å². The Morgan fingerprint density at radius 3 is 2.06 bits per heavy atom. The first-order valence-electron chi connectivity index (χ1n) is 11.9. The summed E-state index contributed by atoms with van der Waals surface area (Å²) in [6.45, 7) is 4.15. The second-order valence-corrected chi connectivity index (χ2v) is 10.5. The lowest BCUT2D eigenvalue weighted by atomic mass is 10.0. The summed E-state index contributed by atoms with van der Waals surface area (Å²) in [5.41, 5.74) is 2.04. The third-order valence-corrected chi connectivity index (χ3v) is 7.75. The van der Waals surface area contributed by atoms with Gasteiger partial charge in [-0.05, 0) is 31.5 Å². The van der Waals surface area contributed by atoms with Crippen molar-refractivity contribution < 1.29 is 13.2 Å². The molecule has 1 aromatic heterocycles. The molecule has 1 heterocycles. The van der Waals surface area contributed by atoms with Crippen LogP contribution in [0.5, 0.6) is 0 Å². The van der Waals surface area contributed by atoms with Crippen molar-refractivity contribution in [2.75, 3.05) is 0 Å². The summed E-state index contributed by atoms with van der Waals surface area (Å²) in [6.07, 6.45) is 12.7. The van der Waals surface area contributed by atoms with E-state index in [9.17, 15) is 13.2 Å². The fourth-order valence-corrected chi connectivity index (χ4v) is 5.50. The number of nitrogens with zero attached hydrogens (tertiary/aromatic N) is 1. The van der Waals surface area contributed by atoms with E-state index in [0.29, 0.717) is 22.9 Å². The van der Waals surface area contributed by atoms with Crippen LogP contribution in [-0.2, 0) is 10.0 Å². The number of ketones is 1. The number of hydrogen-bond acceptors (Lipinski definition) is 3. The maximum Gasteiger partial charge on any atom is 0.268 e. The van der Waals surface area contributed by atoms with Crippen molar-refractivity contribution in [3.63, 3.8) is 0 Å². The van der Waals surface area contributed by atoms with Gasteiger partial charge in [0.05, 0.1) is 10.4 Å². The number of Topliss-reactive ketones (excluding diaryl/α,β-unsaturated/α-hetero) is 1. The van der Waals surface area contributed by atoms with Crippen molar-refractivity contribution in [1.29, 1.82) is 0 Å². The van der Waals surface area contributed by atoms with Gasteiger partial charge in [-0.25, -0.2) is 12.4 Å². The van der Waals surface area contributed by atoms with Gasteiger partial charge in [0.15, 0.2) is 5.78 Å². The molecule has 172 valence electrons. The smallest absolute Gasteiger partial charge is 0.268 e. The normalized spacial score (nSPS) is 11.8. The molecule has 0 aliphatic carbocycles. The van der Waals surface area contributed by atoms with Crippen molar-refractivity contribution >= 4 is 26.7 Å². The molecule has 0 radical (unpaired) electrons. The zero-order valence-electron chi connectivity index (χ0n) is 19.3. The highest BCUT2D eigenvalue weighted by Crippen LogP contribution is 2.27. The minimum atomic E-state index is -3.77. The first-order chi connectivity index (χ1) is 15.4. The molecule has 0 N–H and O–H groups in total. The van der Waals surface area contributed by atoms with E-state index in [1.807, 2.05) is 19.1 Å². The number of carbonyl (C=O) groups is 1. The van der Waals surface area contributed by atoms with Gasteiger partial charge in [-0.1, -0.05) is 94.2 Å². The quantitative estimate of drug-likeness (QED) is 0.202. The van der Waals surface area contributed by atoms with Gasteiger partial charge in [0, 0.05) is 23.6 Å². The third kappa shape index (κ3) is 5.89. The Balaban J connectivity index is 1.68. The summed E-state index contributed by atoms with van der Waals surface area (Å²) >= 11 is 0. The molecule has 0 spiro atoms. The van der Waals surface area contributed by atoms with Gasteiger partial charge >= 0.3 is 0 Å². The Morgan fingerprint density at radius 2 is 1.41 bits per heavy atom. The highest BCUT2D eigenvalue weighted by atomic mass is 32.2. The van der Waals surface area contributed by atoms with E-state index in [4.69, 9.17) is 0 Å². The van der Waals surface area contributed by atoms with Crippen molar-refractivity contribution in [1.82, 2.24) is 3.97 Å². The summed E-state index contributed by atoms with van der Waals surface area (Å²) in [5.74, 6) is 0.0157. The molecule has 0 aliphatic heterocycles. The van der Waals surface area contributed by atoms with Gasteiger partial charge in [-0.15, -0.1) is 0 Å². The summed E-state index contributed by atoms with van der Waals surface area (Å²) in [7, 11) is -3.77. The minimum absolute atomic E-state index is 0.0157. The van der Waals surface area contributed by atoms with Crippen LogP contribution in [0.4, 0.5) is 0 Å². The molecule has 5 heteroatoms. The molecular formula is C27H35NO3S. The molecule has 0 bridgehead atoms. The van der Waals surface area contributed by atoms with Crippen LogP contribution in [0.2, 0.25) is 0 Å². The molecule has 0 fully saturated rings. The van der Waals surface area contributed by atoms with Crippen LogP contribution in [0.15, 0.2) is 59.6 Å². The predicted octanol–water partition coefficient (Wildman–Crippen LogP) is 7.29. The van der Waals surface area contributed by atoms with Crippen LogP contribution in [-0.4, -0.2) is 18.2 Å². The minimum Gasteiger partial charge on any atom is -0.294 e. The number of unbranched alkanes of at least 4 members (excludes halogenated alkanes) is 8. The lowest BCUT2D eigenvalue weighted by Gasteiger charge is -2.07. The van der Waals surface area contributed by atoms with E-state index in [-0.39, 0.29) is 10.7 Å². The van der Waals surface area contributed by atoms with Gasteiger partial charge in [-0.2, -0.15) is 0 Å². The summed E-state index contributed by atoms with van der Waals surface area (Å²) < 4.78 is 27.8. The van der Waals surface area contributed by atoms with Gasteiger partial charge < -0.3 is 0 Å². The number of rotatable bonds is 13. The second kappa shape index (κ2) is 11.5. The zero-order chi connectivity index (χ0) is 23.0. The van der Waals surface area contributed by atoms with Crippen LogP contribution >= 0.6 is 0 Å². The SMILES string of the molecule is CCCCCCCCCCCC(=O)c1cn(S(=O)(=O)c2ccc(C)cc2)c2ccccc12. The maximum absolute atomic E-state index is 13.3. The number of para-hydroxylation sites is 1. The number of carbonyl (C=O) groups excluding carboxylic acids is 1. The number of aryl methyl sites for hydroxylation is 1. The molecule has 3 aromatic rings. The van der Waals surface area contributed by atoms with E-state index in [1.54, 1.807) is 36.4 Å². The fraction of sp³-hybridized carbons (Fsp3) is 0.444. The van der Waals surface area contributed by atoms with E-state index in [1.165, 1.54) is 48.7 Å². The monoisotopic (exact) mass is 453 g/mol. The molecule has 0 unspecified atom stereocenters. The standard InChI is InChI=1S/C27H35NO3S/c1-3-4-5-6-7-8-9-10-11-16-27(29)25-21-28(26-15-13-12-14-24(25)26)32(30,31)23-19-17-22(2)18-20-23/h12-15,17-21H,3-11,16H2,1-2H3. The number of fused-ring (bicyclic) bond motifs is 1. The van der Waals surface area contributed by atoms with Gasteiger partial charge in [0.1, 0.15) is 0 Å². The van der Waals surface area contributed by atoms with Crippen LogP contribution in [0.25, 0.3) is 10.9 Å². The Hall–Kier alpha value is -2.40. The highest BCUT2D eigenvalue weighted by Gasteiger charge is 2.23.